The van der Waals surface area contributed by atoms with E-state index in [-0.39, 0.29) is 18.3 Å². The van der Waals surface area contributed by atoms with Crippen molar-refractivity contribution in [2.45, 2.75) is 26.8 Å². The van der Waals surface area contributed by atoms with Crippen molar-refractivity contribution in [2.24, 2.45) is 11.7 Å². The van der Waals surface area contributed by atoms with E-state index in [0.717, 1.165) is 0 Å². The second-order valence-electron chi connectivity index (χ2n) is 5.17. The topological polar surface area (TPSA) is 66.6 Å². The number of nitrogens with zero attached hydrogens (tertiary/aromatic N) is 1. The molecule has 0 saturated carbocycles. The molecule has 5 heteroatoms. The van der Waals surface area contributed by atoms with Gasteiger partial charge < -0.3 is 10.8 Å². The molecule has 0 radical (unpaired) electrons. The van der Waals surface area contributed by atoms with Crippen molar-refractivity contribution in [2.75, 3.05) is 13.1 Å². The normalized spacial score (nSPS) is 12.9. The largest absolute Gasteiger partial charge is 0.508 e. The number of primary amides is 1. The number of nitrogens with two attached hydrogens (primary N) is 1. The van der Waals surface area contributed by atoms with Crippen molar-refractivity contribution < 1.29 is 14.3 Å². The van der Waals surface area contributed by atoms with Crippen LogP contribution in [-0.2, 0) is 4.79 Å². The lowest BCUT2D eigenvalue weighted by Crippen LogP contribution is -2.38. The molecule has 1 aromatic carbocycles. The van der Waals surface area contributed by atoms with Crippen LogP contribution >= 0.6 is 0 Å². The summed E-state index contributed by atoms with van der Waals surface area (Å²) in [5.74, 6) is -0.503. The van der Waals surface area contributed by atoms with E-state index in [1.165, 1.54) is 18.2 Å². The zero-order valence-electron chi connectivity index (χ0n) is 11.6. The zero-order valence-corrected chi connectivity index (χ0v) is 11.6. The quantitative estimate of drug-likeness (QED) is 0.829. The molecule has 0 saturated heterocycles. The summed E-state index contributed by atoms with van der Waals surface area (Å²) in [6.07, 6.45) is 0. The predicted octanol–water partition coefficient (Wildman–Crippen LogP) is 2.04. The van der Waals surface area contributed by atoms with Crippen LogP contribution in [0.25, 0.3) is 0 Å². The summed E-state index contributed by atoms with van der Waals surface area (Å²) in [6, 6.07) is 3.52. The van der Waals surface area contributed by atoms with Crippen LogP contribution in [-0.4, -0.2) is 29.0 Å². The third-order valence-electron chi connectivity index (χ3n) is 2.95. The molecule has 0 fully saturated rings. The number of halogens is 1. The molecule has 1 atom stereocenters. The first-order chi connectivity index (χ1) is 8.81. The summed E-state index contributed by atoms with van der Waals surface area (Å²) in [5.41, 5.74) is 5.70. The molecule has 0 heterocycles. The highest BCUT2D eigenvalue weighted by atomic mass is 19.1. The lowest BCUT2D eigenvalue weighted by molar-refractivity contribution is -0.119. The van der Waals surface area contributed by atoms with Crippen LogP contribution in [0.2, 0.25) is 0 Å². The Morgan fingerprint density at radius 1 is 1.42 bits per heavy atom. The summed E-state index contributed by atoms with van der Waals surface area (Å²) >= 11 is 0. The lowest BCUT2D eigenvalue weighted by Gasteiger charge is -2.30. The molecule has 106 valence electrons. The summed E-state index contributed by atoms with van der Waals surface area (Å²) in [4.78, 5) is 13.0. The minimum Gasteiger partial charge on any atom is -0.508 e. The monoisotopic (exact) mass is 268 g/mol. The van der Waals surface area contributed by atoms with Crippen molar-refractivity contribution in [1.82, 2.24) is 4.90 Å². The molecule has 0 aromatic heterocycles. The number of carbonyl (C=O) groups is 1. The summed E-state index contributed by atoms with van der Waals surface area (Å²) < 4.78 is 13.3. The number of hydrogen-bond donors (Lipinski definition) is 2. The van der Waals surface area contributed by atoms with E-state index >= 15 is 0 Å². The number of phenols is 1. The summed E-state index contributed by atoms with van der Waals surface area (Å²) in [6.45, 7) is 6.58. The molecule has 3 N–H and O–H groups in total. The van der Waals surface area contributed by atoms with Gasteiger partial charge in [-0.3, -0.25) is 9.69 Å². The van der Waals surface area contributed by atoms with Gasteiger partial charge in [-0.15, -0.1) is 0 Å². The van der Waals surface area contributed by atoms with Crippen molar-refractivity contribution >= 4 is 5.91 Å². The Hall–Kier alpha value is -1.62. The van der Waals surface area contributed by atoms with Gasteiger partial charge in [0.1, 0.15) is 11.6 Å². The molecule has 4 nitrogen and oxygen atoms in total. The van der Waals surface area contributed by atoms with Gasteiger partial charge in [-0.05, 0) is 31.0 Å². The van der Waals surface area contributed by atoms with Crippen LogP contribution in [0.5, 0.6) is 5.75 Å². The fourth-order valence-electron chi connectivity index (χ4n) is 2.09. The van der Waals surface area contributed by atoms with Gasteiger partial charge >= 0.3 is 0 Å². The van der Waals surface area contributed by atoms with Gasteiger partial charge in [-0.25, -0.2) is 4.39 Å². The fourth-order valence-corrected chi connectivity index (χ4v) is 2.09. The highest BCUT2D eigenvalue weighted by Crippen LogP contribution is 2.29. The van der Waals surface area contributed by atoms with E-state index in [0.29, 0.717) is 18.0 Å². The molecule has 0 spiro atoms. The number of hydrogen-bond acceptors (Lipinski definition) is 3. The maximum Gasteiger partial charge on any atom is 0.231 e. The molecule has 1 aromatic rings. The molecule has 1 unspecified atom stereocenters. The molecule has 0 aliphatic carbocycles. The second kappa shape index (κ2) is 6.52. The molecule has 0 aliphatic rings. The zero-order chi connectivity index (χ0) is 14.6. The van der Waals surface area contributed by atoms with E-state index in [1.807, 2.05) is 25.7 Å². The van der Waals surface area contributed by atoms with E-state index in [2.05, 4.69) is 0 Å². The van der Waals surface area contributed by atoms with E-state index < -0.39 is 11.7 Å². The Bertz CT molecular complexity index is 449. The predicted molar refractivity (Wildman–Crippen MR) is 72.1 cm³/mol. The van der Waals surface area contributed by atoms with Gasteiger partial charge in [0.15, 0.2) is 0 Å². The first-order valence-corrected chi connectivity index (χ1v) is 6.32. The standard InChI is InChI=1S/C14H21FN2O2/c1-9(2)7-17(8-14(16)19)10(3)12-6-11(15)4-5-13(12)18/h4-6,9-10,18H,7-8H2,1-3H3,(H2,16,19). The lowest BCUT2D eigenvalue weighted by atomic mass is 10.0. The van der Waals surface area contributed by atoms with Crippen molar-refractivity contribution in [3.05, 3.63) is 29.6 Å². The molecule has 1 rings (SSSR count). The van der Waals surface area contributed by atoms with Crippen molar-refractivity contribution in [3.63, 3.8) is 0 Å². The van der Waals surface area contributed by atoms with Crippen LogP contribution in [0.4, 0.5) is 4.39 Å². The Labute approximate surface area is 113 Å². The highest BCUT2D eigenvalue weighted by molar-refractivity contribution is 5.76. The number of rotatable bonds is 6. The smallest absolute Gasteiger partial charge is 0.231 e. The van der Waals surface area contributed by atoms with Gasteiger partial charge in [-0.2, -0.15) is 0 Å². The number of amides is 1. The number of benzene rings is 1. The minimum atomic E-state index is -0.441. The Morgan fingerprint density at radius 2 is 2.05 bits per heavy atom. The van der Waals surface area contributed by atoms with Gasteiger partial charge in [-0.1, -0.05) is 13.8 Å². The van der Waals surface area contributed by atoms with Crippen LogP contribution in [0.15, 0.2) is 18.2 Å². The van der Waals surface area contributed by atoms with Crippen LogP contribution < -0.4 is 5.73 Å². The third kappa shape index (κ3) is 4.52. The van der Waals surface area contributed by atoms with E-state index in [1.54, 1.807) is 0 Å². The van der Waals surface area contributed by atoms with Crippen LogP contribution in [0, 0.1) is 11.7 Å². The van der Waals surface area contributed by atoms with Gasteiger partial charge in [0, 0.05) is 18.2 Å². The van der Waals surface area contributed by atoms with E-state index in [4.69, 9.17) is 5.73 Å². The maximum atomic E-state index is 13.3. The maximum absolute atomic E-state index is 13.3. The van der Waals surface area contributed by atoms with Gasteiger partial charge in [0.2, 0.25) is 5.91 Å². The first kappa shape index (κ1) is 15.4. The number of carbonyl (C=O) groups excluding carboxylic acids is 1. The molecular weight excluding hydrogens is 247 g/mol. The molecule has 0 aliphatic heterocycles. The fraction of sp³-hybridized carbons (Fsp3) is 0.500. The molecule has 19 heavy (non-hydrogen) atoms. The van der Waals surface area contributed by atoms with Crippen molar-refractivity contribution in [3.8, 4) is 5.75 Å². The molecule has 0 bridgehead atoms. The second-order valence-corrected chi connectivity index (χ2v) is 5.17. The molecular formula is C14H21FN2O2. The Morgan fingerprint density at radius 3 is 2.58 bits per heavy atom. The third-order valence-corrected chi connectivity index (χ3v) is 2.95. The van der Waals surface area contributed by atoms with Gasteiger partial charge in [0.05, 0.1) is 6.54 Å². The highest BCUT2D eigenvalue weighted by Gasteiger charge is 2.21. The average molecular weight is 268 g/mol. The minimum absolute atomic E-state index is 0.0205. The number of aromatic hydroxyl groups is 1. The van der Waals surface area contributed by atoms with Crippen molar-refractivity contribution in [1.29, 1.82) is 0 Å². The van der Waals surface area contributed by atoms with Crippen LogP contribution in [0.3, 0.4) is 0 Å². The average Bonchev–Trinajstić information content (AvgIpc) is 2.29. The van der Waals surface area contributed by atoms with Gasteiger partial charge in [0.25, 0.3) is 0 Å². The van der Waals surface area contributed by atoms with E-state index in [9.17, 15) is 14.3 Å². The summed E-state index contributed by atoms with van der Waals surface area (Å²) in [7, 11) is 0. The van der Waals surface area contributed by atoms with Crippen LogP contribution in [0.1, 0.15) is 32.4 Å². The Balaban J connectivity index is 3.00. The molecule has 1 amide bonds. The SMILES string of the molecule is CC(C)CN(CC(N)=O)C(C)c1cc(F)ccc1O. The number of phenolic OH excluding ortho intramolecular Hbond substituents is 1. The Kier molecular flexibility index (Phi) is 5.30. The first-order valence-electron chi connectivity index (χ1n) is 6.32. The summed E-state index contributed by atoms with van der Waals surface area (Å²) in [5, 5.41) is 9.81.